The van der Waals surface area contributed by atoms with Gasteiger partial charge in [-0.25, -0.2) is 9.59 Å². The number of hydrogen-bond acceptors (Lipinski definition) is 7. The molecule has 0 saturated heterocycles. The molecule has 0 amide bonds. The number of furan rings is 1. The van der Waals surface area contributed by atoms with E-state index in [-0.39, 0.29) is 17.1 Å². The van der Waals surface area contributed by atoms with Crippen molar-refractivity contribution in [3.8, 4) is 11.5 Å². The van der Waals surface area contributed by atoms with Crippen molar-refractivity contribution in [1.29, 1.82) is 0 Å². The molecule has 0 aliphatic rings. The minimum absolute atomic E-state index is 0.0887. The molecule has 142 valence electrons. The van der Waals surface area contributed by atoms with E-state index in [2.05, 4.69) is 10.5 Å². The molecule has 8 nitrogen and oxygen atoms in total. The van der Waals surface area contributed by atoms with Crippen LogP contribution in [-0.4, -0.2) is 30.4 Å². The average Bonchev–Trinajstić information content (AvgIpc) is 3.24. The van der Waals surface area contributed by atoms with Crippen LogP contribution in [0.5, 0.6) is 11.5 Å². The lowest BCUT2D eigenvalue weighted by molar-refractivity contribution is 0.0687. The highest BCUT2D eigenvalue weighted by Gasteiger charge is 2.14. The maximum Gasteiger partial charge on any atom is 0.379 e. The van der Waals surface area contributed by atoms with Crippen molar-refractivity contribution in [2.75, 3.05) is 12.5 Å². The van der Waals surface area contributed by atoms with E-state index in [4.69, 9.17) is 19.0 Å². The second-order valence-electron chi connectivity index (χ2n) is 5.53. The van der Waals surface area contributed by atoms with Gasteiger partial charge in [0.1, 0.15) is 0 Å². The number of carbonyl (C=O) groups excluding carboxylic acids is 1. The fraction of sp³-hybridized carbons (Fsp3) is 0.0500. The quantitative estimate of drug-likeness (QED) is 0.279. The molecule has 0 spiro atoms. The van der Waals surface area contributed by atoms with Crippen molar-refractivity contribution in [3.05, 3.63) is 77.7 Å². The van der Waals surface area contributed by atoms with E-state index >= 15 is 0 Å². The summed E-state index contributed by atoms with van der Waals surface area (Å²) >= 11 is 0. The van der Waals surface area contributed by atoms with E-state index in [0.29, 0.717) is 17.0 Å². The van der Waals surface area contributed by atoms with Crippen molar-refractivity contribution < 1.29 is 28.6 Å². The van der Waals surface area contributed by atoms with Crippen molar-refractivity contribution in [2.45, 2.75) is 0 Å². The first kappa shape index (κ1) is 18.7. The van der Waals surface area contributed by atoms with Crippen LogP contribution >= 0.6 is 0 Å². The Kier molecular flexibility index (Phi) is 5.71. The van der Waals surface area contributed by atoms with Gasteiger partial charge >= 0.3 is 11.9 Å². The molecule has 1 aromatic heterocycles. The summed E-state index contributed by atoms with van der Waals surface area (Å²) < 4.78 is 15.5. The first-order chi connectivity index (χ1) is 13.6. The maximum absolute atomic E-state index is 12.0. The monoisotopic (exact) mass is 380 g/mol. The molecule has 3 aromatic rings. The molecule has 0 unspecified atom stereocenters. The summed E-state index contributed by atoms with van der Waals surface area (Å²) in [6.07, 6.45) is 2.93. The minimum atomic E-state index is -0.991. The van der Waals surface area contributed by atoms with Crippen LogP contribution in [0.25, 0.3) is 0 Å². The molecule has 0 atom stereocenters. The Morgan fingerprint density at radius 2 is 1.89 bits per heavy atom. The van der Waals surface area contributed by atoms with Gasteiger partial charge in [-0.05, 0) is 60.2 Å². The number of carboxylic acid groups (broad SMARTS) is 1. The maximum atomic E-state index is 12.0. The highest BCUT2D eigenvalue weighted by Crippen LogP contribution is 2.28. The van der Waals surface area contributed by atoms with Crippen LogP contribution in [0.4, 0.5) is 5.69 Å². The zero-order valence-electron chi connectivity index (χ0n) is 14.8. The van der Waals surface area contributed by atoms with Crippen LogP contribution in [0.1, 0.15) is 26.5 Å². The smallest absolute Gasteiger partial charge is 0.379 e. The zero-order valence-corrected chi connectivity index (χ0v) is 14.8. The highest BCUT2D eigenvalue weighted by atomic mass is 16.6. The normalized spacial score (nSPS) is 10.6. The van der Waals surface area contributed by atoms with Gasteiger partial charge in [0, 0.05) is 0 Å². The standard InChI is InChI=1S/C20H16N2O6/c1-26-18-11-13(4-9-16(18)28-20(25)17-3-2-10-27-17)12-21-22-15-7-5-14(6-8-15)19(23)24/h2-12,22H,1H3,(H,23,24). The SMILES string of the molecule is COc1cc(C=NNc2ccc(C(=O)O)cc2)ccc1OC(=O)c1ccco1. The summed E-state index contributed by atoms with van der Waals surface area (Å²) in [4.78, 5) is 22.8. The Balaban J connectivity index is 1.66. The molecule has 0 saturated carbocycles. The number of aromatic carboxylic acids is 1. The van der Waals surface area contributed by atoms with Gasteiger partial charge in [0.15, 0.2) is 11.5 Å². The van der Waals surface area contributed by atoms with Crippen molar-refractivity contribution in [3.63, 3.8) is 0 Å². The van der Waals surface area contributed by atoms with Gasteiger partial charge in [0.2, 0.25) is 5.76 Å². The molecule has 0 aliphatic heterocycles. The van der Waals surface area contributed by atoms with E-state index in [0.717, 1.165) is 0 Å². The number of methoxy groups -OCH3 is 1. The van der Waals surface area contributed by atoms with Crippen LogP contribution in [0, 0.1) is 0 Å². The lowest BCUT2D eigenvalue weighted by Crippen LogP contribution is -2.08. The van der Waals surface area contributed by atoms with E-state index in [1.165, 1.54) is 31.6 Å². The predicted octanol–water partition coefficient (Wildman–Crippen LogP) is 3.65. The molecular weight excluding hydrogens is 364 g/mol. The lowest BCUT2D eigenvalue weighted by atomic mass is 10.2. The van der Waals surface area contributed by atoms with Gasteiger partial charge in [-0.1, -0.05) is 0 Å². The molecular formula is C20H16N2O6. The third kappa shape index (κ3) is 4.55. The topological polar surface area (TPSA) is 110 Å². The molecule has 0 bridgehead atoms. The molecule has 2 N–H and O–H groups in total. The largest absolute Gasteiger partial charge is 0.493 e. The molecule has 2 aromatic carbocycles. The summed E-state index contributed by atoms with van der Waals surface area (Å²) in [5, 5.41) is 13.0. The Morgan fingerprint density at radius 1 is 1.11 bits per heavy atom. The predicted molar refractivity (Wildman–Crippen MR) is 101 cm³/mol. The van der Waals surface area contributed by atoms with Crippen LogP contribution in [0.3, 0.4) is 0 Å². The molecule has 0 radical (unpaired) electrons. The summed E-state index contributed by atoms with van der Waals surface area (Å²) in [6, 6.07) is 14.2. The second kappa shape index (κ2) is 8.54. The third-order valence-corrected chi connectivity index (χ3v) is 3.65. The fourth-order valence-electron chi connectivity index (χ4n) is 2.26. The van der Waals surface area contributed by atoms with E-state index < -0.39 is 11.9 Å². The first-order valence-electron chi connectivity index (χ1n) is 8.13. The van der Waals surface area contributed by atoms with E-state index in [1.54, 1.807) is 42.6 Å². The molecule has 3 rings (SSSR count). The van der Waals surface area contributed by atoms with Crippen LogP contribution in [-0.2, 0) is 0 Å². The van der Waals surface area contributed by atoms with Gasteiger partial charge in [-0.3, -0.25) is 5.43 Å². The number of nitrogens with zero attached hydrogens (tertiary/aromatic N) is 1. The minimum Gasteiger partial charge on any atom is -0.493 e. The Morgan fingerprint density at radius 3 is 2.54 bits per heavy atom. The number of hydrazone groups is 1. The second-order valence-corrected chi connectivity index (χ2v) is 5.53. The van der Waals surface area contributed by atoms with Gasteiger partial charge in [-0.15, -0.1) is 0 Å². The van der Waals surface area contributed by atoms with Crippen molar-refractivity contribution >= 4 is 23.8 Å². The summed E-state index contributed by atoms with van der Waals surface area (Å²) in [5.74, 6) is -0.926. The highest BCUT2D eigenvalue weighted by molar-refractivity contribution is 5.89. The Bertz CT molecular complexity index is 994. The number of hydrogen-bond donors (Lipinski definition) is 2. The van der Waals surface area contributed by atoms with Crippen LogP contribution in [0.15, 0.2) is 70.4 Å². The molecule has 0 fully saturated rings. The van der Waals surface area contributed by atoms with E-state index in [1.807, 2.05) is 0 Å². The van der Waals surface area contributed by atoms with Crippen molar-refractivity contribution in [1.82, 2.24) is 0 Å². The third-order valence-electron chi connectivity index (χ3n) is 3.65. The number of rotatable bonds is 7. The summed E-state index contributed by atoms with van der Waals surface area (Å²) in [6.45, 7) is 0. The summed E-state index contributed by atoms with van der Waals surface area (Å²) in [7, 11) is 1.46. The number of nitrogens with one attached hydrogen (secondary N) is 1. The zero-order chi connectivity index (χ0) is 19.9. The lowest BCUT2D eigenvalue weighted by Gasteiger charge is -2.09. The molecule has 0 aliphatic carbocycles. The van der Waals surface area contributed by atoms with Gasteiger partial charge in [-0.2, -0.15) is 5.10 Å². The summed E-state index contributed by atoms with van der Waals surface area (Å²) in [5.41, 5.74) is 4.33. The molecule has 8 heteroatoms. The van der Waals surface area contributed by atoms with Crippen LogP contribution < -0.4 is 14.9 Å². The Hall–Kier alpha value is -4.07. The number of anilines is 1. The van der Waals surface area contributed by atoms with Gasteiger partial charge in [0.05, 0.1) is 30.8 Å². The first-order valence-corrected chi connectivity index (χ1v) is 8.13. The van der Waals surface area contributed by atoms with Crippen molar-refractivity contribution in [2.24, 2.45) is 5.10 Å². The number of benzene rings is 2. The Labute approximate surface area is 160 Å². The number of ether oxygens (including phenoxy) is 2. The molecule has 1 heterocycles. The fourth-order valence-corrected chi connectivity index (χ4v) is 2.26. The number of carboxylic acids is 1. The van der Waals surface area contributed by atoms with Crippen LogP contribution in [0.2, 0.25) is 0 Å². The number of carbonyl (C=O) groups is 2. The van der Waals surface area contributed by atoms with Gasteiger partial charge in [0.25, 0.3) is 0 Å². The average molecular weight is 380 g/mol. The molecule has 28 heavy (non-hydrogen) atoms. The van der Waals surface area contributed by atoms with E-state index in [9.17, 15) is 9.59 Å². The number of esters is 1. The van der Waals surface area contributed by atoms with Gasteiger partial charge < -0.3 is 19.0 Å².